The number of ether oxygens (including phenoxy) is 2. The van der Waals surface area contributed by atoms with Gasteiger partial charge in [-0.2, -0.15) is 18.3 Å². The molecule has 3 aliphatic rings. The van der Waals surface area contributed by atoms with Gasteiger partial charge in [0.05, 0.1) is 29.3 Å². The zero-order valence-electron chi connectivity index (χ0n) is 25.3. The number of rotatable bonds is 8. The molecule has 0 unspecified atom stereocenters. The number of imidazole rings is 1. The van der Waals surface area contributed by atoms with E-state index in [1.165, 1.54) is 4.52 Å². The SMILES string of the molecule is CC1CCC([C@H](NC(=O)OCc2ccccc2)c2cn3nc(C[C@H]4C[C@@H](C(F)(F)F)NC4=O)c(C4CCOCC4)nc3n2)CC1. The van der Waals surface area contributed by atoms with Crippen LogP contribution in [0.5, 0.6) is 0 Å². The van der Waals surface area contributed by atoms with Gasteiger partial charge in [-0.1, -0.05) is 50.1 Å². The Morgan fingerprint density at radius 3 is 2.53 bits per heavy atom. The third kappa shape index (κ3) is 7.40. The van der Waals surface area contributed by atoms with E-state index in [1.807, 2.05) is 30.3 Å². The number of alkyl halides is 3. The standard InChI is InChI=1S/C32H39F3N6O4/c1-19-7-9-21(10-8-19)28(39-31(43)45-18-20-5-3-2-4-6-20)25-17-41-30(36-25)38-27(22-11-13-44-14-12-22)24(40-41)15-23-16-26(32(33,34)35)37-29(23)42/h2-6,17,19,21-23,26,28H,7-16,18H2,1H3,(H,37,42)(H,39,43)/t19?,21?,23-,26-,28-/m0/s1. The highest BCUT2D eigenvalue weighted by molar-refractivity contribution is 5.81. The summed E-state index contributed by atoms with van der Waals surface area (Å²) in [6.07, 6.45) is 1.63. The molecule has 13 heteroatoms. The van der Waals surface area contributed by atoms with Gasteiger partial charge < -0.3 is 20.1 Å². The lowest BCUT2D eigenvalue weighted by atomic mass is 9.78. The van der Waals surface area contributed by atoms with Crippen molar-refractivity contribution in [2.24, 2.45) is 17.8 Å². The molecule has 2 aliphatic heterocycles. The molecule has 1 aliphatic carbocycles. The van der Waals surface area contributed by atoms with Crippen LogP contribution in [-0.2, 0) is 27.3 Å². The van der Waals surface area contributed by atoms with Gasteiger partial charge in [0.1, 0.15) is 12.6 Å². The van der Waals surface area contributed by atoms with Crippen LogP contribution in [0.2, 0.25) is 0 Å². The Balaban J connectivity index is 1.29. The van der Waals surface area contributed by atoms with Gasteiger partial charge in [-0.05, 0) is 49.5 Å². The average molecular weight is 629 g/mol. The number of hydrogen-bond donors (Lipinski definition) is 2. The van der Waals surface area contributed by atoms with Gasteiger partial charge in [0, 0.05) is 31.5 Å². The van der Waals surface area contributed by atoms with Crippen molar-refractivity contribution in [3.8, 4) is 0 Å². The fourth-order valence-electron chi connectivity index (χ4n) is 6.78. The number of amides is 2. The Morgan fingerprint density at radius 2 is 1.84 bits per heavy atom. The van der Waals surface area contributed by atoms with Crippen LogP contribution in [0.15, 0.2) is 36.5 Å². The van der Waals surface area contributed by atoms with E-state index in [0.717, 1.165) is 31.2 Å². The minimum absolute atomic E-state index is 0.0176. The van der Waals surface area contributed by atoms with Gasteiger partial charge in [0.2, 0.25) is 5.91 Å². The van der Waals surface area contributed by atoms with E-state index in [4.69, 9.17) is 24.5 Å². The maximum Gasteiger partial charge on any atom is 0.408 e. The topological polar surface area (TPSA) is 120 Å². The number of carbonyl (C=O) groups excluding carboxylic acids is 2. The van der Waals surface area contributed by atoms with Crippen molar-refractivity contribution in [1.82, 2.24) is 30.2 Å². The van der Waals surface area contributed by atoms with Gasteiger partial charge in [-0.25, -0.2) is 19.3 Å². The summed E-state index contributed by atoms with van der Waals surface area (Å²) in [5.41, 5.74) is 2.60. The maximum atomic E-state index is 13.4. The lowest BCUT2D eigenvalue weighted by Gasteiger charge is -2.32. The Hall–Kier alpha value is -3.74. The minimum Gasteiger partial charge on any atom is -0.445 e. The van der Waals surface area contributed by atoms with Crippen molar-refractivity contribution in [2.75, 3.05) is 13.2 Å². The summed E-state index contributed by atoms with van der Waals surface area (Å²) in [6.45, 7) is 3.44. The molecule has 2 saturated heterocycles. The summed E-state index contributed by atoms with van der Waals surface area (Å²) >= 11 is 0. The number of nitrogens with one attached hydrogen (secondary N) is 2. The molecule has 242 valence electrons. The monoisotopic (exact) mass is 628 g/mol. The fourth-order valence-corrected chi connectivity index (χ4v) is 6.78. The molecule has 2 aromatic heterocycles. The van der Waals surface area contributed by atoms with Crippen LogP contribution in [0.25, 0.3) is 5.78 Å². The van der Waals surface area contributed by atoms with Gasteiger partial charge in [-0.15, -0.1) is 0 Å². The van der Waals surface area contributed by atoms with Crippen LogP contribution in [0.4, 0.5) is 18.0 Å². The van der Waals surface area contributed by atoms with Crippen molar-refractivity contribution in [1.29, 1.82) is 0 Å². The minimum atomic E-state index is -4.51. The number of carbonyl (C=O) groups is 2. The van der Waals surface area contributed by atoms with E-state index in [1.54, 1.807) is 6.20 Å². The zero-order valence-corrected chi connectivity index (χ0v) is 25.3. The third-order valence-electron chi connectivity index (χ3n) is 9.42. The van der Waals surface area contributed by atoms with Crippen molar-refractivity contribution < 1.29 is 32.2 Å². The van der Waals surface area contributed by atoms with E-state index < -0.39 is 36.2 Å². The second-order valence-electron chi connectivity index (χ2n) is 12.7. The molecule has 1 aromatic carbocycles. The second kappa shape index (κ2) is 13.3. The maximum absolute atomic E-state index is 13.4. The second-order valence-corrected chi connectivity index (χ2v) is 12.7. The molecule has 0 bridgehead atoms. The summed E-state index contributed by atoms with van der Waals surface area (Å²) in [4.78, 5) is 35.3. The molecule has 45 heavy (non-hydrogen) atoms. The predicted octanol–water partition coefficient (Wildman–Crippen LogP) is 5.42. The summed E-state index contributed by atoms with van der Waals surface area (Å²) in [6, 6.07) is 7.14. The van der Waals surface area contributed by atoms with E-state index in [0.29, 0.717) is 54.8 Å². The van der Waals surface area contributed by atoms with E-state index in [2.05, 4.69) is 17.6 Å². The molecular weight excluding hydrogens is 589 g/mol. The summed E-state index contributed by atoms with van der Waals surface area (Å²) < 4.78 is 52.8. The number of fused-ring (bicyclic) bond motifs is 1. The largest absolute Gasteiger partial charge is 0.445 e. The van der Waals surface area contributed by atoms with E-state index >= 15 is 0 Å². The molecule has 2 N–H and O–H groups in total. The normalized spacial score (nSPS) is 25.2. The number of nitrogens with zero attached hydrogens (tertiary/aromatic N) is 4. The Morgan fingerprint density at radius 1 is 1.11 bits per heavy atom. The Labute approximate surface area is 259 Å². The molecule has 6 rings (SSSR count). The number of aromatic nitrogens is 4. The van der Waals surface area contributed by atoms with Crippen molar-refractivity contribution in [3.63, 3.8) is 0 Å². The third-order valence-corrected chi connectivity index (χ3v) is 9.42. The molecule has 3 atom stereocenters. The number of hydrogen-bond acceptors (Lipinski definition) is 7. The molecule has 0 radical (unpaired) electrons. The van der Waals surface area contributed by atoms with Crippen LogP contribution in [0.1, 0.15) is 86.5 Å². The summed E-state index contributed by atoms with van der Waals surface area (Å²) in [5.74, 6) is -0.447. The summed E-state index contributed by atoms with van der Waals surface area (Å²) in [7, 11) is 0. The Kier molecular flexibility index (Phi) is 9.25. The van der Waals surface area contributed by atoms with E-state index in [9.17, 15) is 22.8 Å². The molecule has 3 aromatic rings. The number of halogens is 3. The van der Waals surface area contributed by atoms with Crippen LogP contribution in [0, 0.1) is 17.8 Å². The Bertz CT molecular complexity index is 1490. The van der Waals surface area contributed by atoms with Crippen LogP contribution in [-0.4, -0.2) is 57.0 Å². The number of benzene rings is 1. The van der Waals surface area contributed by atoms with Gasteiger partial charge in [-0.3, -0.25) is 4.79 Å². The molecule has 4 heterocycles. The average Bonchev–Trinajstić information content (AvgIpc) is 3.62. The lowest BCUT2D eigenvalue weighted by Crippen LogP contribution is -2.38. The first-order valence-corrected chi connectivity index (χ1v) is 15.8. The summed E-state index contributed by atoms with van der Waals surface area (Å²) in [5, 5.41) is 9.95. The highest BCUT2D eigenvalue weighted by Crippen LogP contribution is 2.38. The molecule has 2 amide bonds. The van der Waals surface area contributed by atoms with Crippen molar-refractivity contribution >= 4 is 17.8 Å². The van der Waals surface area contributed by atoms with Crippen molar-refractivity contribution in [3.05, 3.63) is 59.2 Å². The molecular formula is C32H39F3N6O4. The first-order valence-electron chi connectivity index (χ1n) is 15.8. The smallest absolute Gasteiger partial charge is 0.408 e. The van der Waals surface area contributed by atoms with Gasteiger partial charge >= 0.3 is 12.3 Å². The predicted molar refractivity (Wildman–Crippen MR) is 157 cm³/mol. The van der Waals surface area contributed by atoms with Crippen LogP contribution >= 0.6 is 0 Å². The highest BCUT2D eigenvalue weighted by atomic mass is 19.4. The quantitative estimate of drug-likeness (QED) is 0.342. The molecule has 0 spiro atoms. The van der Waals surface area contributed by atoms with Gasteiger partial charge in [0.15, 0.2) is 0 Å². The van der Waals surface area contributed by atoms with E-state index in [-0.39, 0.29) is 31.3 Å². The first kappa shape index (κ1) is 31.3. The van der Waals surface area contributed by atoms with Crippen LogP contribution in [0.3, 0.4) is 0 Å². The van der Waals surface area contributed by atoms with Crippen LogP contribution < -0.4 is 10.6 Å². The van der Waals surface area contributed by atoms with Gasteiger partial charge in [0.25, 0.3) is 5.78 Å². The number of alkyl carbamates (subject to hydrolysis) is 1. The zero-order chi connectivity index (χ0) is 31.6. The highest BCUT2D eigenvalue weighted by Gasteiger charge is 2.48. The fraction of sp³-hybridized carbons (Fsp3) is 0.594. The first-order chi connectivity index (χ1) is 21.6. The molecule has 3 fully saturated rings. The molecule has 10 nitrogen and oxygen atoms in total. The lowest BCUT2D eigenvalue weighted by molar-refractivity contribution is -0.154. The van der Waals surface area contributed by atoms with Crippen molar-refractivity contribution in [2.45, 2.75) is 89.1 Å². The molecule has 1 saturated carbocycles.